The van der Waals surface area contributed by atoms with E-state index in [0.717, 1.165) is 17.8 Å². The highest BCUT2D eigenvalue weighted by Crippen LogP contribution is 2.17. The molecule has 2 heteroatoms. The Hall–Kier alpha value is -1.70. The molecule has 0 unspecified atom stereocenters. The second kappa shape index (κ2) is 17.0. The third kappa shape index (κ3) is 11.5. The summed E-state index contributed by atoms with van der Waals surface area (Å²) in [6.07, 6.45) is 27.6. The van der Waals surface area contributed by atoms with Gasteiger partial charge in [0.25, 0.3) is 0 Å². The lowest BCUT2D eigenvalue weighted by atomic mass is 10.0. The second-order valence-corrected chi connectivity index (χ2v) is 8.82. The van der Waals surface area contributed by atoms with E-state index in [1.54, 1.807) is 0 Å². The van der Waals surface area contributed by atoms with Crippen molar-refractivity contribution in [2.24, 2.45) is 0 Å². The maximum atomic E-state index is 4.47. The quantitative estimate of drug-likeness (QED) is 0.230. The zero-order valence-corrected chi connectivity index (χ0v) is 19.5. The molecule has 2 heterocycles. The van der Waals surface area contributed by atoms with E-state index in [0.29, 0.717) is 0 Å². The van der Waals surface area contributed by atoms with Crippen molar-refractivity contribution in [2.75, 3.05) is 0 Å². The average Bonchev–Trinajstić information content (AvgIpc) is 2.79. The highest BCUT2D eigenvalue weighted by Gasteiger charge is 2.02. The number of rotatable bonds is 18. The third-order valence-corrected chi connectivity index (χ3v) is 6.07. The molecule has 0 aliphatic heterocycles. The molecule has 0 fully saturated rings. The van der Waals surface area contributed by atoms with Crippen molar-refractivity contribution in [3.05, 3.63) is 48.3 Å². The van der Waals surface area contributed by atoms with E-state index in [4.69, 9.17) is 0 Å². The van der Waals surface area contributed by atoms with E-state index in [1.165, 1.54) is 108 Å². The summed E-state index contributed by atoms with van der Waals surface area (Å²) in [7, 11) is 0. The summed E-state index contributed by atoms with van der Waals surface area (Å²) in [4.78, 5) is 8.88. The first-order valence-electron chi connectivity index (χ1n) is 12.8. The SMILES string of the molecule is CCCCCCCCCCCCCCCCCCc1ccnc(-c2ccccn2)c1. The van der Waals surface area contributed by atoms with Gasteiger partial charge in [-0.25, -0.2) is 0 Å². The fraction of sp³-hybridized carbons (Fsp3) is 0.643. The number of aromatic nitrogens is 2. The van der Waals surface area contributed by atoms with Gasteiger partial charge in [0.05, 0.1) is 11.4 Å². The molecule has 0 aliphatic carbocycles. The second-order valence-electron chi connectivity index (χ2n) is 8.82. The third-order valence-electron chi connectivity index (χ3n) is 6.07. The molecule has 0 amide bonds. The van der Waals surface area contributed by atoms with E-state index in [-0.39, 0.29) is 0 Å². The molecule has 2 aromatic rings. The summed E-state index contributed by atoms with van der Waals surface area (Å²) in [5.74, 6) is 0. The lowest BCUT2D eigenvalue weighted by Gasteiger charge is -2.05. The summed E-state index contributed by atoms with van der Waals surface area (Å²) in [6, 6.07) is 10.3. The molecule has 2 aromatic heterocycles. The molecule has 0 spiro atoms. The van der Waals surface area contributed by atoms with Gasteiger partial charge >= 0.3 is 0 Å². The number of hydrogen-bond acceptors (Lipinski definition) is 2. The summed E-state index contributed by atoms with van der Waals surface area (Å²) in [5.41, 5.74) is 3.34. The van der Waals surface area contributed by atoms with Gasteiger partial charge in [0.2, 0.25) is 0 Å². The van der Waals surface area contributed by atoms with Crippen LogP contribution in [-0.2, 0) is 6.42 Å². The molecule has 0 atom stereocenters. The Kier molecular flexibility index (Phi) is 13.9. The van der Waals surface area contributed by atoms with Crippen LogP contribution in [0.4, 0.5) is 0 Å². The van der Waals surface area contributed by atoms with Crippen molar-refractivity contribution in [3.63, 3.8) is 0 Å². The van der Waals surface area contributed by atoms with Gasteiger partial charge in [-0.05, 0) is 42.7 Å². The molecule has 30 heavy (non-hydrogen) atoms. The Labute approximate surface area is 185 Å². The Morgan fingerprint density at radius 1 is 0.533 bits per heavy atom. The molecule has 0 N–H and O–H groups in total. The van der Waals surface area contributed by atoms with Crippen LogP contribution < -0.4 is 0 Å². The lowest BCUT2D eigenvalue weighted by molar-refractivity contribution is 0.529. The minimum Gasteiger partial charge on any atom is -0.255 e. The van der Waals surface area contributed by atoms with Crippen LogP contribution in [0.2, 0.25) is 0 Å². The Morgan fingerprint density at radius 3 is 1.60 bits per heavy atom. The van der Waals surface area contributed by atoms with E-state index in [2.05, 4.69) is 29.0 Å². The van der Waals surface area contributed by atoms with E-state index in [1.807, 2.05) is 30.6 Å². The Bertz CT molecular complexity index is 638. The highest BCUT2D eigenvalue weighted by atomic mass is 14.8. The zero-order valence-electron chi connectivity index (χ0n) is 19.5. The minimum absolute atomic E-state index is 0.964. The van der Waals surface area contributed by atoms with Crippen LogP contribution in [0.15, 0.2) is 42.7 Å². The first kappa shape index (κ1) is 24.6. The van der Waals surface area contributed by atoms with Crippen LogP contribution in [0.1, 0.15) is 115 Å². The van der Waals surface area contributed by atoms with Gasteiger partial charge in [0.15, 0.2) is 0 Å². The topological polar surface area (TPSA) is 25.8 Å². The van der Waals surface area contributed by atoms with Gasteiger partial charge in [0.1, 0.15) is 0 Å². The molecular weight excluding hydrogens is 364 g/mol. The fourth-order valence-electron chi connectivity index (χ4n) is 4.16. The van der Waals surface area contributed by atoms with Crippen molar-refractivity contribution < 1.29 is 0 Å². The molecular formula is C28H44N2. The van der Waals surface area contributed by atoms with Gasteiger partial charge in [-0.3, -0.25) is 9.97 Å². The predicted molar refractivity (Wildman–Crippen MR) is 131 cm³/mol. The van der Waals surface area contributed by atoms with Crippen molar-refractivity contribution >= 4 is 0 Å². The number of nitrogens with zero attached hydrogens (tertiary/aromatic N) is 2. The summed E-state index contributed by atoms with van der Waals surface area (Å²) >= 11 is 0. The highest BCUT2D eigenvalue weighted by molar-refractivity contribution is 5.54. The molecule has 0 radical (unpaired) electrons. The minimum atomic E-state index is 0.964. The number of aryl methyl sites for hydroxylation is 1. The van der Waals surface area contributed by atoms with E-state index < -0.39 is 0 Å². The number of pyridine rings is 2. The van der Waals surface area contributed by atoms with Crippen LogP contribution in [0, 0.1) is 0 Å². The molecule has 0 aliphatic rings. The largest absolute Gasteiger partial charge is 0.255 e. The molecule has 2 rings (SSSR count). The number of unbranched alkanes of at least 4 members (excludes halogenated alkanes) is 15. The van der Waals surface area contributed by atoms with Gasteiger partial charge in [-0.2, -0.15) is 0 Å². The van der Waals surface area contributed by atoms with Crippen LogP contribution >= 0.6 is 0 Å². The summed E-state index contributed by atoms with van der Waals surface area (Å²) in [5, 5.41) is 0. The van der Waals surface area contributed by atoms with Crippen molar-refractivity contribution in [2.45, 2.75) is 116 Å². The van der Waals surface area contributed by atoms with Crippen LogP contribution in [0.25, 0.3) is 11.4 Å². The van der Waals surface area contributed by atoms with Crippen molar-refractivity contribution in [1.29, 1.82) is 0 Å². The Morgan fingerprint density at radius 2 is 1.07 bits per heavy atom. The van der Waals surface area contributed by atoms with E-state index in [9.17, 15) is 0 Å². The molecule has 0 saturated carbocycles. The van der Waals surface area contributed by atoms with Crippen LogP contribution in [-0.4, -0.2) is 9.97 Å². The summed E-state index contributed by atoms with van der Waals surface area (Å²) in [6.45, 7) is 2.29. The first-order chi connectivity index (χ1) is 14.9. The molecule has 0 aromatic carbocycles. The van der Waals surface area contributed by atoms with Gasteiger partial charge in [-0.15, -0.1) is 0 Å². The van der Waals surface area contributed by atoms with Crippen LogP contribution in [0.5, 0.6) is 0 Å². The van der Waals surface area contributed by atoms with Gasteiger partial charge in [0, 0.05) is 12.4 Å². The zero-order chi connectivity index (χ0) is 21.1. The van der Waals surface area contributed by atoms with Gasteiger partial charge in [-0.1, -0.05) is 109 Å². The maximum Gasteiger partial charge on any atom is 0.0888 e. The fourth-order valence-corrected chi connectivity index (χ4v) is 4.16. The van der Waals surface area contributed by atoms with Crippen molar-refractivity contribution in [1.82, 2.24) is 9.97 Å². The maximum absolute atomic E-state index is 4.47. The molecule has 0 saturated heterocycles. The standard InChI is InChI=1S/C28H44N2/c1-2-3-4-5-6-7-8-9-10-11-12-13-14-15-16-17-20-26-22-24-30-28(25-26)27-21-18-19-23-29-27/h18-19,21-25H,2-17,20H2,1H3. The first-order valence-corrected chi connectivity index (χ1v) is 12.8. The van der Waals surface area contributed by atoms with Crippen molar-refractivity contribution in [3.8, 4) is 11.4 Å². The average molecular weight is 409 g/mol. The Balaban J connectivity index is 1.39. The van der Waals surface area contributed by atoms with Crippen LogP contribution in [0.3, 0.4) is 0 Å². The van der Waals surface area contributed by atoms with E-state index >= 15 is 0 Å². The monoisotopic (exact) mass is 408 g/mol. The predicted octanol–water partition coefficient (Wildman–Crippen LogP) is 8.95. The normalized spacial score (nSPS) is 11.1. The van der Waals surface area contributed by atoms with Gasteiger partial charge < -0.3 is 0 Å². The molecule has 166 valence electrons. The smallest absolute Gasteiger partial charge is 0.0888 e. The summed E-state index contributed by atoms with van der Waals surface area (Å²) < 4.78 is 0. The molecule has 0 bridgehead atoms. The number of hydrogen-bond donors (Lipinski definition) is 0. The lowest BCUT2D eigenvalue weighted by Crippen LogP contribution is -1.91. The molecule has 2 nitrogen and oxygen atoms in total.